The van der Waals surface area contributed by atoms with Gasteiger partial charge in [-0.25, -0.2) is 10.1 Å². The van der Waals surface area contributed by atoms with Gasteiger partial charge in [-0.05, 0) is 12.1 Å². The highest BCUT2D eigenvalue weighted by molar-refractivity contribution is 5.83. The van der Waals surface area contributed by atoms with E-state index >= 15 is 0 Å². The zero-order valence-electron chi connectivity index (χ0n) is 9.24. The number of nitrogens with zero attached hydrogens (tertiary/aromatic N) is 4. The number of hydrazone groups is 1. The lowest BCUT2D eigenvalue weighted by molar-refractivity contribution is 0.414. The number of para-hydroxylation sites is 1. The van der Waals surface area contributed by atoms with Crippen LogP contribution in [0.5, 0.6) is 5.75 Å². The molecule has 0 aliphatic rings. The van der Waals surface area contributed by atoms with E-state index in [1.165, 1.54) is 11.0 Å². The number of nitrogen functional groups attached to an aromatic ring is 1. The normalized spacial score (nSPS) is 10.6. The molecule has 0 aliphatic heterocycles. The van der Waals surface area contributed by atoms with Crippen molar-refractivity contribution < 1.29 is 4.74 Å². The van der Waals surface area contributed by atoms with Crippen molar-refractivity contribution in [2.75, 3.05) is 18.4 Å². The maximum Gasteiger partial charge on any atom is 0.263 e. The minimum atomic E-state index is 0.358. The highest BCUT2D eigenvalue weighted by atomic mass is 16.5. The largest absolute Gasteiger partial charge is 0.496 e. The lowest BCUT2D eigenvalue weighted by Crippen LogP contribution is -2.10. The molecule has 0 saturated carbocycles. The minimum absolute atomic E-state index is 0.358. The average Bonchev–Trinajstić information content (AvgIpc) is 2.76. The molecule has 0 saturated heterocycles. The highest BCUT2D eigenvalue weighted by Crippen LogP contribution is 2.14. The molecule has 7 nitrogen and oxygen atoms in total. The Morgan fingerprint density at radius 2 is 2.29 bits per heavy atom. The second-order valence-electron chi connectivity index (χ2n) is 3.17. The van der Waals surface area contributed by atoms with E-state index in [2.05, 4.69) is 20.7 Å². The Morgan fingerprint density at radius 1 is 1.47 bits per heavy atom. The number of nitrogens with one attached hydrogen (secondary N) is 1. The Balaban J connectivity index is 2.08. The summed E-state index contributed by atoms with van der Waals surface area (Å²) in [6.45, 7) is 0. The van der Waals surface area contributed by atoms with Crippen molar-refractivity contribution in [2.45, 2.75) is 0 Å². The van der Waals surface area contributed by atoms with Gasteiger partial charge in [0.15, 0.2) is 0 Å². The van der Waals surface area contributed by atoms with Crippen LogP contribution in [0, 0.1) is 0 Å². The number of anilines is 1. The number of methoxy groups -OCH3 is 1. The van der Waals surface area contributed by atoms with Crippen LogP contribution in [-0.2, 0) is 0 Å². The van der Waals surface area contributed by atoms with Crippen LogP contribution in [-0.4, -0.2) is 28.2 Å². The SMILES string of the molecule is COc1ccccc1C=NNc1nncn1N. The molecule has 0 aliphatic carbocycles. The van der Waals surface area contributed by atoms with Crippen LogP contribution in [0.4, 0.5) is 5.95 Å². The molecule has 2 rings (SSSR count). The number of nitrogens with two attached hydrogens (primary N) is 1. The average molecular weight is 232 g/mol. The fourth-order valence-corrected chi connectivity index (χ4v) is 1.26. The molecule has 7 heteroatoms. The summed E-state index contributed by atoms with van der Waals surface area (Å²) < 4.78 is 6.42. The van der Waals surface area contributed by atoms with Crippen molar-refractivity contribution in [3.63, 3.8) is 0 Å². The fraction of sp³-hybridized carbons (Fsp3) is 0.100. The van der Waals surface area contributed by atoms with Crippen LogP contribution in [0.3, 0.4) is 0 Å². The van der Waals surface area contributed by atoms with Gasteiger partial charge in [-0.1, -0.05) is 12.1 Å². The second kappa shape index (κ2) is 4.97. The van der Waals surface area contributed by atoms with E-state index in [-0.39, 0.29) is 0 Å². The maximum atomic E-state index is 5.51. The Bertz CT molecular complexity index is 521. The van der Waals surface area contributed by atoms with Gasteiger partial charge >= 0.3 is 0 Å². The van der Waals surface area contributed by atoms with Crippen LogP contribution in [0.15, 0.2) is 35.7 Å². The molecular formula is C10H12N6O. The zero-order valence-corrected chi connectivity index (χ0v) is 9.24. The summed E-state index contributed by atoms with van der Waals surface area (Å²) >= 11 is 0. The van der Waals surface area contributed by atoms with Gasteiger partial charge in [0.05, 0.1) is 13.3 Å². The number of rotatable bonds is 4. The predicted octanol–water partition coefficient (Wildman–Crippen LogP) is 0.446. The first-order valence-corrected chi connectivity index (χ1v) is 4.88. The third kappa shape index (κ3) is 2.51. The predicted molar refractivity (Wildman–Crippen MR) is 64.4 cm³/mol. The molecule has 0 amide bonds. The van der Waals surface area contributed by atoms with Crippen LogP contribution >= 0.6 is 0 Å². The molecule has 2 aromatic rings. The second-order valence-corrected chi connectivity index (χ2v) is 3.17. The van der Waals surface area contributed by atoms with Crippen LogP contribution in [0.2, 0.25) is 0 Å². The molecule has 1 aromatic heterocycles. The van der Waals surface area contributed by atoms with Gasteiger partial charge in [0.2, 0.25) is 0 Å². The lowest BCUT2D eigenvalue weighted by Gasteiger charge is -2.03. The minimum Gasteiger partial charge on any atom is -0.496 e. The smallest absolute Gasteiger partial charge is 0.263 e. The number of aromatic nitrogens is 3. The highest BCUT2D eigenvalue weighted by Gasteiger charge is 1.99. The van der Waals surface area contributed by atoms with E-state index in [9.17, 15) is 0 Å². The van der Waals surface area contributed by atoms with Crippen molar-refractivity contribution in [3.8, 4) is 5.75 Å². The van der Waals surface area contributed by atoms with Crippen LogP contribution in [0.1, 0.15) is 5.56 Å². The first kappa shape index (κ1) is 10.9. The molecule has 17 heavy (non-hydrogen) atoms. The first-order chi connectivity index (χ1) is 8.31. The van der Waals surface area contributed by atoms with Crippen molar-refractivity contribution in [1.29, 1.82) is 0 Å². The molecular weight excluding hydrogens is 220 g/mol. The number of hydrogen-bond donors (Lipinski definition) is 2. The van der Waals surface area contributed by atoms with Gasteiger partial charge in [0.25, 0.3) is 5.95 Å². The van der Waals surface area contributed by atoms with Gasteiger partial charge in [0, 0.05) is 5.56 Å². The van der Waals surface area contributed by atoms with Crippen LogP contribution < -0.4 is 16.0 Å². The van der Waals surface area contributed by atoms with E-state index in [1.807, 2.05) is 24.3 Å². The molecule has 0 radical (unpaired) electrons. The topological polar surface area (TPSA) is 90.3 Å². The third-order valence-electron chi connectivity index (χ3n) is 2.08. The standard InChI is InChI=1S/C10H12N6O/c1-17-9-5-3-2-4-8(9)6-12-14-10-15-13-7-16(10)11/h2-7H,11H2,1H3,(H,14,15). The molecule has 1 aromatic carbocycles. The van der Waals surface area contributed by atoms with Gasteiger partial charge in [-0.2, -0.15) is 5.10 Å². The molecule has 0 unspecified atom stereocenters. The third-order valence-corrected chi connectivity index (χ3v) is 2.08. The summed E-state index contributed by atoms with van der Waals surface area (Å²) in [6.07, 6.45) is 2.99. The van der Waals surface area contributed by atoms with E-state index in [0.717, 1.165) is 11.3 Å². The van der Waals surface area contributed by atoms with Crippen molar-refractivity contribution in [2.24, 2.45) is 5.10 Å². The summed E-state index contributed by atoms with van der Waals surface area (Å²) in [5, 5.41) is 11.3. The summed E-state index contributed by atoms with van der Waals surface area (Å²) in [5.41, 5.74) is 3.52. The number of benzene rings is 1. The molecule has 88 valence electrons. The Kier molecular flexibility index (Phi) is 3.20. The molecule has 0 spiro atoms. The molecule has 3 N–H and O–H groups in total. The Labute approximate surface area is 97.9 Å². The van der Waals surface area contributed by atoms with E-state index in [0.29, 0.717) is 5.95 Å². The molecule has 0 bridgehead atoms. The van der Waals surface area contributed by atoms with Gasteiger partial charge in [0.1, 0.15) is 12.1 Å². The quantitative estimate of drug-likeness (QED) is 0.453. The van der Waals surface area contributed by atoms with Gasteiger partial charge in [-0.3, -0.25) is 0 Å². The van der Waals surface area contributed by atoms with E-state index in [1.54, 1.807) is 13.3 Å². The maximum absolute atomic E-state index is 5.51. The number of ether oxygens (including phenoxy) is 1. The summed E-state index contributed by atoms with van der Waals surface area (Å²) in [6, 6.07) is 7.53. The van der Waals surface area contributed by atoms with Gasteiger partial charge < -0.3 is 10.6 Å². The molecule has 0 atom stereocenters. The van der Waals surface area contributed by atoms with E-state index in [4.69, 9.17) is 10.6 Å². The van der Waals surface area contributed by atoms with Crippen molar-refractivity contribution >= 4 is 12.2 Å². The Hall–Kier alpha value is -2.57. The summed E-state index contributed by atoms with van der Waals surface area (Å²) in [4.78, 5) is 0. The summed E-state index contributed by atoms with van der Waals surface area (Å²) in [7, 11) is 1.61. The fourth-order valence-electron chi connectivity index (χ4n) is 1.26. The summed E-state index contributed by atoms with van der Waals surface area (Å²) in [5.74, 6) is 6.61. The van der Waals surface area contributed by atoms with Crippen LogP contribution in [0.25, 0.3) is 0 Å². The zero-order chi connectivity index (χ0) is 12.1. The van der Waals surface area contributed by atoms with E-state index < -0.39 is 0 Å². The first-order valence-electron chi connectivity index (χ1n) is 4.88. The monoisotopic (exact) mass is 232 g/mol. The van der Waals surface area contributed by atoms with Crippen molar-refractivity contribution in [3.05, 3.63) is 36.2 Å². The molecule has 1 heterocycles. The molecule has 0 fully saturated rings. The lowest BCUT2D eigenvalue weighted by atomic mass is 10.2. The van der Waals surface area contributed by atoms with Gasteiger partial charge in [-0.15, -0.1) is 10.2 Å². The number of hydrogen-bond acceptors (Lipinski definition) is 6. The Morgan fingerprint density at radius 3 is 3.00 bits per heavy atom. The van der Waals surface area contributed by atoms with Crippen molar-refractivity contribution in [1.82, 2.24) is 14.9 Å².